The van der Waals surface area contributed by atoms with Crippen LogP contribution in [0.5, 0.6) is 0 Å². The average Bonchev–Trinajstić information content (AvgIpc) is 3.33. The number of aliphatic imine (C=N–C) groups is 1. The van der Waals surface area contributed by atoms with Gasteiger partial charge in [0.05, 0.1) is 17.2 Å². The van der Waals surface area contributed by atoms with Crippen molar-refractivity contribution in [1.82, 2.24) is 4.57 Å². The molecular formula is C30H26N2O3S. The van der Waals surface area contributed by atoms with Gasteiger partial charge in [-0.25, -0.2) is 9.79 Å². The number of aryl methyl sites for hydroxylation is 1. The molecule has 0 spiro atoms. The van der Waals surface area contributed by atoms with Crippen LogP contribution in [-0.4, -0.2) is 27.3 Å². The molecule has 0 unspecified atom stereocenters. The number of para-hydroxylation sites is 1. The number of esters is 1. The first kappa shape index (κ1) is 23.7. The number of hydrogen-bond acceptors (Lipinski definition) is 5. The van der Waals surface area contributed by atoms with Gasteiger partial charge in [0.15, 0.2) is 0 Å². The van der Waals surface area contributed by atoms with Crippen molar-refractivity contribution < 1.29 is 14.6 Å². The number of nitrogens with zero attached hydrogens (tertiary/aromatic N) is 2. The highest BCUT2D eigenvalue weighted by Gasteiger charge is 2.33. The van der Waals surface area contributed by atoms with E-state index < -0.39 is 5.97 Å². The first-order chi connectivity index (χ1) is 17.5. The van der Waals surface area contributed by atoms with Crippen LogP contribution in [0.4, 0.5) is 5.69 Å². The standard InChI is InChI=1S/C30H26N2O3S/c1-4-35-30(34)27-28(33)26(36-29(27)31-24-12-6-5-7-13-24)18-23-16-19(2)32(20(23)3)25-15-14-21-10-8-9-11-22(21)17-25/h5-18,33H,4H2,1-3H3/b26-18-,31-29?. The molecule has 0 saturated heterocycles. The fourth-order valence-electron chi connectivity index (χ4n) is 4.40. The number of hydrogen-bond donors (Lipinski definition) is 1. The third kappa shape index (κ3) is 4.48. The molecule has 5 nitrogen and oxygen atoms in total. The summed E-state index contributed by atoms with van der Waals surface area (Å²) in [6.45, 7) is 6.07. The Labute approximate surface area is 214 Å². The smallest absolute Gasteiger partial charge is 0.344 e. The third-order valence-electron chi connectivity index (χ3n) is 6.11. The Morgan fingerprint density at radius 1 is 1.00 bits per heavy atom. The van der Waals surface area contributed by atoms with Crippen molar-refractivity contribution in [1.29, 1.82) is 0 Å². The predicted molar refractivity (Wildman–Crippen MR) is 148 cm³/mol. The van der Waals surface area contributed by atoms with Crippen molar-refractivity contribution in [3.8, 4) is 5.69 Å². The Morgan fingerprint density at radius 3 is 2.47 bits per heavy atom. The van der Waals surface area contributed by atoms with Crippen LogP contribution in [-0.2, 0) is 9.53 Å². The van der Waals surface area contributed by atoms with E-state index in [0.717, 1.165) is 22.6 Å². The minimum atomic E-state index is -0.581. The SMILES string of the molecule is CCOC(=O)C1=C(O)/C(=C/c2cc(C)n(-c3ccc4ccccc4c3)c2C)SC1=Nc1ccccc1. The van der Waals surface area contributed by atoms with E-state index in [2.05, 4.69) is 59.8 Å². The first-order valence-electron chi connectivity index (χ1n) is 11.8. The van der Waals surface area contributed by atoms with Crippen LogP contribution >= 0.6 is 11.8 Å². The monoisotopic (exact) mass is 494 g/mol. The highest BCUT2D eigenvalue weighted by atomic mass is 32.2. The van der Waals surface area contributed by atoms with Gasteiger partial charge in [-0.1, -0.05) is 60.3 Å². The molecule has 6 heteroatoms. The van der Waals surface area contributed by atoms with E-state index in [1.807, 2.05) is 48.5 Å². The molecule has 0 radical (unpaired) electrons. The number of thioether (sulfide) groups is 1. The number of benzene rings is 3. The zero-order chi connectivity index (χ0) is 25.2. The van der Waals surface area contributed by atoms with E-state index in [4.69, 9.17) is 4.74 Å². The molecule has 0 bridgehead atoms. The summed E-state index contributed by atoms with van der Waals surface area (Å²) in [7, 11) is 0. The Bertz CT molecular complexity index is 1560. The molecule has 180 valence electrons. The second kappa shape index (κ2) is 9.91. The number of fused-ring (bicyclic) bond motifs is 1. The van der Waals surface area contributed by atoms with Crippen LogP contribution in [0.25, 0.3) is 22.5 Å². The first-order valence-corrected chi connectivity index (χ1v) is 12.6. The molecule has 1 aliphatic rings. The summed E-state index contributed by atoms with van der Waals surface area (Å²) < 4.78 is 7.42. The molecule has 1 aromatic heterocycles. The van der Waals surface area contributed by atoms with Crippen LogP contribution in [0.3, 0.4) is 0 Å². The van der Waals surface area contributed by atoms with Crippen molar-refractivity contribution >= 4 is 45.3 Å². The topological polar surface area (TPSA) is 63.8 Å². The second-order valence-corrected chi connectivity index (χ2v) is 9.53. The van der Waals surface area contributed by atoms with Gasteiger partial charge in [0.2, 0.25) is 0 Å². The predicted octanol–water partition coefficient (Wildman–Crippen LogP) is 7.44. The maximum Gasteiger partial charge on any atom is 0.344 e. The second-order valence-electron chi connectivity index (χ2n) is 8.50. The van der Waals surface area contributed by atoms with Gasteiger partial charge in [-0.3, -0.25) is 0 Å². The zero-order valence-electron chi connectivity index (χ0n) is 20.4. The molecule has 0 fully saturated rings. The molecule has 0 saturated carbocycles. The summed E-state index contributed by atoms with van der Waals surface area (Å²) >= 11 is 1.27. The molecule has 1 N–H and O–H groups in total. The third-order valence-corrected chi connectivity index (χ3v) is 7.13. The summed E-state index contributed by atoms with van der Waals surface area (Å²) in [4.78, 5) is 17.9. The van der Waals surface area contributed by atoms with E-state index in [0.29, 0.717) is 15.6 Å². The van der Waals surface area contributed by atoms with Crippen molar-refractivity contribution in [3.63, 3.8) is 0 Å². The van der Waals surface area contributed by atoms with Gasteiger partial charge in [-0.05, 0) is 73.5 Å². The lowest BCUT2D eigenvalue weighted by molar-refractivity contribution is -0.138. The summed E-state index contributed by atoms with van der Waals surface area (Å²) in [6.07, 6.45) is 1.91. The Hall–Kier alpha value is -4.03. The maximum absolute atomic E-state index is 12.7. The largest absolute Gasteiger partial charge is 0.506 e. The summed E-state index contributed by atoms with van der Waals surface area (Å²) in [5.41, 5.74) is 4.94. The summed E-state index contributed by atoms with van der Waals surface area (Å²) in [5, 5.41) is 13.9. The van der Waals surface area contributed by atoms with Gasteiger partial charge in [-0.2, -0.15) is 0 Å². The molecule has 0 aliphatic carbocycles. The highest BCUT2D eigenvalue weighted by molar-refractivity contribution is 8.18. The van der Waals surface area contributed by atoms with E-state index in [1.54, 1.807) is 6.92 Å². The fraction of sp³-hybridized carbons (Fsp3) is 0.133. The fourth-order valence-corrected chi connectivity index (χ4v) is 5.43. The number of aromatic nitrogens is 1. The quantitative estimate of drug-likeness (QED) is 0.293. The Balaban J connectivity index is 1.56. The van der Waals surface area contributed by atoms with Crippen LogP contribution < -0.4 is 0 Å². The number of carbonyl (C=O) groups excluding carboxylic acids is 1. The van der Waals surface area contributed by atoms with Crippen molar-refractivity contribution in [2.75, 3.05) is 6.61 Å². The summed E-state index contributed by atoms with van der Waals surface area (Å²) in [5.74, 6) is -0.689. The van der Waals surface area contributed by atoms with Gasteiger partial charge in [0, 0.05) is 17.1 Å². The molecule has 0 atom stereocenters. The van der Waals surface area contributed by atoms with Crippen LogP contribution in [0.15, 0.2) is 100 Å². The molecular weight excluding hydrogens is 468 g/mol. The van der Waals surface area contributed by atoms with Gasteiger partial charge in [0.1, 0.15) is 16.4 Å². The zero-order valence-corrected chi connectivity index (χ0v) is 21.2. The lowest BCUT2D eigenvalue weighted by atomic mass is 10.1. The number of ether oxygens (including phenoxy) is 1. The van der Waals surface area contributed by atoms with Crippen molar-refractivity contribution in [2.45, 2.75) is 20.8 Å². The van der Waals surface area contributed by atoms with Gasteiger partial charge in [0.25, 0.3) is 0 Å². The normalized spacial score (nSPS) is 15.9. The molecule has 1 aliphatic heterocycles. The van der Waals surface area contributed by atoms with Gasteiger partial charge < -0.3 is 14.4 Å². The molecule has 3 aromatic carbocycles. The van der Waals surface area contributed by atoms with Crippen molar-refractivity contribution in [3.05, 3.63) is 112 Å². The highest BCUT2D eigenvalue weighted by Crippen LogP contribution is 2.41. The van der Waals surface area contributed by atoms with Gasteiger partial charge in [-0.15, -0.1) is 0 Å². The molecule has 36 heavy (non-hydrogen) atoms. The molecule has 5 rings (SSSR count). The van der Waals surface area contributed by atoms with Crippen LogP contribution in [0.1, 0.15) is 23.9 Å². The maximum atomic E-state index is 12.7. The average molecular weight is 495 g/mol. The van der Waals surface area contributed by atoms with Crippen LogP contribution in [0, 0.1) is 13.8 Å². The number of carbonyl (C=O) groups is 1. The lowest BCUT2D eigenvalue weighted by Crippen LogP contribution is -2.12. The molecule has 0 amide bonds. The van der Waals surface area contributed by atoms with Crippen LogP contribution in [0.2, 0.25) is 0 Å². The minimum absolute atomic E-state index is 0.0975. The molecule has 4 aromatic rings. The number of aliphatic hydroxyl groups is 1. The summed E-state index contributed by atoms with van der Waals surface area (Å²) in [6, 6.07) is 26.2. The van der Waals surface area contributed by atoms with E-state index in [9.17, 15) is 9.90 Å². The van der Waals surface area contributed by atoms with E-state index >= 15 is 0 Å². The van der Waals surface area contributed by atoms with E-state index in [1.165, 1.54) is 22.5 Å². The van der Waals surface area contributed by atoms with E-state index in [-0.39, 0.29) is 17.9 Å². The number of rotatable bonds is 5. The number of aliphatic hydroxyl groups excluding tert-OH is 1. The molecule has 2 heterocycles. The minimum Gasteiger partial charge on any atom is -0.506 e. The van der Waals surface area contributed by atoms with Gasteiger partial charge >= 0.3 is 5.97 Å². The Kier molecular flexibility index (Phi) is 6.53. The lowest BCUT2D eigenvalue weighted by Gasteiger charge is -2.11. The van der Waals surface area contributed by atoms with Crippen molar-refractivity contribution in [2.24, 2.45) is 4.99 Å². The Morgan fingerprint density at radius 2 is 1.72 bits per heavy atom.